The second kappa shape index (κ2) is 14.3. The number of nitrogens with zero attached hydrogens (tertiary/aromatic N) is 4. The van der Waals surface area contributed by atoms with Crippen LogP contribution in [0.15, 0.2) is 47.5 Å². The van der Waals surface area contributed by atoms with Gasteiger partial charge >= 0.3 is 0 Å². The first kappa shape index (κ1) is 33.0. The number of piperazine rings is 1. The summed E-state index contributed by atoms with van der Waals surface area (Å²) in [4.78, 5) is 34.4. The van der Waals surface area contributed by atoms with E-state index >= 15 is 4.39 Å². The van der Waals surface area contributed by atoms with Gasteiger partial charge in [-0.15, -0.1) is 0 Å². The molecule has 2 saturated heterocycles. The van der Waals surface area contributed by atoms with E-state index in [0.717, 1.165) is 55.1 Å². The van der Waals surface area contributed by atoms with Crippen molar-refractivity contribution in [2.75, 3.05) is 55.4 Å². The number of aromatic amines is 1. The largest absolute Gasteiger partial charge is 0.386 e. The predicted molar refractivity (Wildman–Crippen MR) is 168 cm³/mol. The number of pyridine rings is 2. The highest BCUT2D eigenvalue weighted by Crippen LogP contribution is 2.36. The SMILES string of the molecule is CNc1cc(-c2ccc(N3CC(C)OC(C)C3)nc2)c(F)cc1N1CC(C)N(C)C(C)C1.O=Cc1c[nH]c(=O)cc1C(F)F. The number of benzene rings is 1. The molecule has 4 heterocycles. The monoisotopic (exact) mass is 614 g/mol. The second-order valence-electron chi connectivity index (χ2n) is 11.6. The van der Waals surface area contributed by atoms with E-state index in [2.05, 4.69) is 64.7 Å². The van der Waals surface area contributed by atoms with Gasteiger partial charge in [-0.05, 0) is 59.0 Å². The Hall–Kier alpha value is -3.90. The van der Waals surface area contributed by atoms with E-state index in [0.29, 0.717) is 23.7 Å². The number of anilines is 3. The molecule has 9 nitrogen and oxygen atoms in total. The molecular weight excluding hydrogens is 573 g/mol. The number of alkyl halides is 2. The number of aldehydes is 1. The highest BCUT2D eigenvalue weighted by Gasteiger charge is 2.29. The number of hydrogen-bond donors (Lipinski definition) is 2. The molecule has 3 aromatic rings. The Kier molecular flexibility index (Phi) is 10.7. The average Bonchev–Trinajstić information content (AvgIpc) is 2.99. The minimum atomic E-state index is -2.80. The lowest BCUT2D eigenvalue weighted by Crippen LogP contribution is -2.55. The van der Waals surface area contributed by atoms with E-state index in [-0.39, 0.29) is 29.9 Å². The molecule has 12 heteroatoms. The lowest BCUT2D eigenvalue weighted by Gasteiger charge is -2.44. The number of likely N-dealkylation sites (N-methyl/N-ethyl adjacent to an activating group) is 1. The van der Waals surface area contributed by atoms with Crippen LogP contribution in [-0.4, -0.2) is 85.7 Å². The maximum atomic E-state index is 15.3. The molecule has 5 rings (SSSR count). The molecule has 2 aliphatic rings. The molecular formula is C32H41F3N6O3. The quantitative estimate of drug-likeness (QED) is 0.367. The molecule has 2 aliphatic heterocycles. The van der Waals surface area contributed by atoms with Gasteiger partial charge in [0.2, 0.25) is 5.56 Å². The third kappa shape index (κ3) is 7.59. The molecule has 2 aromatic heterocycles. The van der Waals surface area contributed by atoms with Crippen molar-refractivity contribution in [3.63, 3.8) is 0 Å². The van der Waals surface area contributed by atoms with Crippen LogP contribution in [0.25, 0.3) is 11.1 Å². The van der Waals surface area contributed by atoms with Crippen LogP contribution < -0.4 is 20.7 Å². The third-order valence-corrected chi connectivity index (χ3v) is 8.21. The topological polar surface area (TPSA) is 93.8 Å². The molecule has 2 fully saturated rings. The summed E-state index contributed by atoms with van der Waals surface area (Å²) in [5, 5.41) is 3.28. The zero-order chi connectivity index (χ0) is 32.1. The van der Waals surface area contributed by atoms with Crippen LogP contribution in [0.1, 0.15) is 50.0 Å². The van der Waals surface area contributed by atoms with Gasteiger partial charge in [0.1, 0.15) is 11.6 Å². The number of morpholine rings is 1. The zero-order valence-corrected chi connectivity index (χ0v) is 26.0. The maximum absolute atomic E-state index is 15.3. The van der Waals surface area contributed by atoms with Crippen LogP contribution in [0.2, 0.25) is 0 Å². The highest BCUT2D eigenvalue weighted by molar-refractivity contribution is 5.79. The molecule has 238 valence electrons. The summed E-state index contributed by atoms with van der Waals surface area (Å²) < 4.78 is 45.3. The van der Waals surface area contributed by atoms with Gasteiger partial charge < -0.3 is 24.8 Å². The summed E-state index contributed by atoms with van der Waals surface area (Å²) in [6.07, 6.45) is 0.561. The highest BCUT2D eigenvalue weighted by atomic mass is 19.3. The van der Waals surface area contributed by atoms with Crippen LogP contribution in [0, 0.1) is 5.82 Å². The van der Waals surface area contributed by atoms with Crippen LogP contribution >= 0.6 is 0 Å². The van der Waals surface area contributed by atoms with Gasteiger partial charge in [0.15, 0.2) is 6.29 Å². The zero-order valence-electron chi connectivity index (χ0n) is 26.0. The van der Waals surface area contributed by atoms with Crippen LogP contribution in [-0.2, 0) is 4.74 Å². The van der Waals surface area contributed by atoms with E-state index in [1.54, 1.807) is 12.3 Å². The minimum absolute atomic E-state index is 0.170. The van der Waals surface area contributed by atoms with Gasteiger partial charge in [0, 0.05) is 86.0 Å². The standard InChI is InChI=1S/C25H36FN5O.C7H5F2NO2/c1-16-12-30(13-17(2)29(16)6)24-10-22(26)21(9-23(24)27-5)20-7-8-25(28-11-20)31-14-18(3)32-19(4)15-31;8-7(9)5-1-6(12)10-2-4(5)3-11/h7-11,16-19,27H,12-15H2,1-6H3;1-3,7H,(H,10,12). The second-order valence-corrected chi connectivity index (χ2v) is 11.6. The molecule has 4 atom stereocenters. The Morgan fingerprint density at radius 1 is 1.02 bits per heavy atom. The predicted octanol–water partition coefficient (Wildman–Crippen LogP) is 5.20. The average molecular weight is 615 g/mol. The Labute approximate surface area is 256 Å². The van der Waals surface area contributed by atoms with Crippen LogP contribution in [0.3, 0.4) is 0 Å². The molecule has 44 heavy (non-hydrogen) atoms. The van der Waals surface area contributed by atoms with E-state index in [4.69, 9.17) is 4.74 Å². The number of halogens is 3. The molecule has 0 radical (unpaired) electrons. The summed E-state index contributed by atoms with van der Waals surface area (Å²) >= 11 is 0. The summed E-state index contributed by atoms with van der Waals surface area (Å²) in [6.45, 7) is 12.0. The first-order valence-electron chi connectivity index (χ1n) is 14.7. The molecule has 1 aromatic carbocycles. The summed E-state index contributed by atoms with van der Waals surface area (Å²) in [6, 6.07) is 9.07. The van der Waals surface area contributed by atoms with E-state index < -0.39 is 17.5 Å². The first-order valence-corrected chi connectivity index (χ1v) is 14.7. The van der Waals surface area contributed by atoms with Crippen molar-refractivity contribution < 1.29 is 22.7 Å². The molecule has 0 aliphatic carbocycles. The third-order valence-electron chi connectivity index (χ3n) is 8.21. The van der Waals surface area contributed by atoms with Gasteiger partial charge in [-0.25, -0.2) is 18.2 Å². The fraction of sp³-hybridized carbons (Fsp3) is 0.469. The summed E-state index contributed by atoms with van der Waals surface area (Å²) in [5.41, 5.74) is 1.83. The lowest BCUT2D eigenvalue weighted by atomic mass is 10.0. The van der Waals surface area contributed by atoms with Gasteiger partial charge in [0.05, 0.1) is 23.6 Å². The lowest BCUT2D eigenvalue weighted by molar-refractivity contribution is -0.00546. The minimum Gasteiger partial charge on any atom is -0.386 e. The molecule has 0 bridgehead atoms. The van der Waals surface area contributed by atoms with Crippen molar-refractivity contribution in [2.45, 2.75) is 58.4 Å². The van der Waals surface area contributed by atoms with Gasteiger partial charge in [-0.2, -0.15) is 0 Å². The van der Waals surface area contributed by atoms with Crippen molar-refractivity contribution in [3.05, 3.63) is 70.0 Å². The normalized spacial score (nSPS) is 22.4. The fourth-order valence-electron chi connectivity index (χ4n) is 5.73. The Balaban J connectivity index is 0.000000309. The summed E-state index contributed by atoms with van der Waals surface area (Å²) in [7, 11) is 4.05. The number of ether oxygens (including phenoxy) is 1. The van der Waals surface area contributed by atoms with Crippen molar-refractivity contribution >= 4 is 23.5 Å². The van der Waals surface area contributed by atoms with Crippen LogP contribution in [0.5, 0.6) is 0 Å². The Morgan fingerprint density at radius 2 is 1.68 bits per heavy atom. The van der Waals surface area contributed by atoms with Crippen LogP contribution in [0.4, 0.5) is 30.4 Å². The number of nitrogens with one attached hydrogen (secondary N) is 2. The fourth-order valence-corrected chi connectivity index (χ4v) is 5.73. The van der Waals surface area contributed by atoms with E-state index in [1.165, 1.54) is 0 Å². The number of carbonyl (C=O) groups is 1. The van der Waals surface area contributed by atoms with E-state index in [9.17, 15) is 18.4 Å². The number of rotatable bonds is 6. The van der Waals surface area contributed by atoms with E-state index in [1.807, 2.05) is 25.2 Å². The molecule has 0 saturated carbocycles. The number of carbonyl (C=O) groups excluding carboxylic acids is 1. The molecule has 0 spiro atoms. The smallest absolute Gasteiger partial charge is 0.264 e. The Bertz CT molecular complexity index is 1460. The number of H-pyrrole nitrogens is 1. The number of aromatic nitrogens is 2. The molecule has 4 unspecified atom stereocenters. The van der Waals surface area contributed by atoms with Gasteiger partial charge in [0.25, 0.3) is 6.43 Å². The Morgan fingerprint density at radius 3 is 2.23 bits per heavy atom. The number of hydrogen-bond acceptors (Lipinski definition) is 8. The van der Waals surface area contributed by atoms with Gasteiger partial charge in [-0.1, -0.05) is 0 Å². The first-order chi connectivity index (χ1) is 20.9. The van der Waals surface area contributed by atoms with Crippen molar-refractivity contribution in [1.29, 1.82) is 0 Å². The van der Waals surface area contributed by atoms with Gasteiger partial charge in [-0.3, -0.25) is 14.5 Å². The molecule has 2 N–H and O–H groups in total. The summed E-state index contributed by atoms with van der Waals surface area (Å²) in [5.74, 6) is 0.684. The van der Waals surface area contributed by atoms with Crippen molar-refractivity contribution in [2.24, 2.45) is 0 Å². The van der Waals surface area contributed by atoms with Crippen molar-refractivity contribution in [1.82, 2.24) is 14.9 Å². The van der Waals surface area contributed by atoms with Crippen molar-refractivity contribution in [3.8, 4) is 11.1 Å². The molecule has 0 amide bonds. The maximum Gasteiger partial charge on any atom is 0.264 e.